The van der Waals surface area contributed by atoms with E-state index in [2.05, 4.69) is 0 Å². The maximum atomic E-state index is 13.3. The molecule has 0 N–H and O–H groups in total. The molecule has 2 aliphatic rings. The molecule has 1 unspecified atom stereocenters. The number of nitrogens with zero attached hydrogens (tertiary/aromatic N) is 2. The van der Waals surface area contributed by atoms with Crippen LogP contribution in [0.2, 0.25) is 5.02 Å². The highest BCUT2D eigenvalue weighted by Crippen LogP contribution is 2.32. The fourth-order valence-electron chi connectivity index (χ4n) is 3.20. The molecule has 0 saturated carbocycles. The summed E-state index contributed by atoms with van der Waals surface area (Å²) in [7, 11) is 0. The molecule has 0 spiro atoms. The monoisotopic (exact) mass is 383 g/mol. The first kappa shape index (κ1) is 17.1. The number of fused-ring (bicyclic) bond motifs is 1. The zero-order valence-electron chi connectivity index (χ0n) is 14.1. The predicted molar refractivity (Wildman–Crippen MR) is 105 cm³/mol. The summed E-state index contributed by atoms with van der Waals surface area (Å²) < 4.78 is 1.65. The van der Waals surface area contributed by atoms with E-state index in [-0.39, 0.29) is 11.9 Å². The molecule has 1 atom stereocenters. The lowest BCUT2D eigenvalue weighted by Gasteiger charge is -2.25. The van der Waals surface area contributed by atoms with Gasteiger partial charge in [0, 0.05) is 10.6 Å². The summed E-state index contributed by atoms with van der Waals surface area (Å²) in [6.07, 6.45) is 1.84. The standard InChI is InChI=1S/C20H16ClN2O2S/c1-13-6-2-5-9-16(13)23-19(24)18-17(10-11-26-18)22(20(23)25)12-14-7-3-4-8-15(14)21/h2-11,18H,12H2,1H3/q+1. The molecular weight excluding hydrogens is 368 g/mol. The van der Waals surface area contributed by atoms with Crippen LogP contribution in [0, 0.1) is 6.92 Å². The molecule has 6 heteroatoms. The van der Waals surface area contributed by atoms with E-state index in [1.807, 2.05) is 54.8 Å². The number of urea groups is 1. The van der Waals surface area contributed by atoms with Gasteiger partial charge in [0.15, 0.2) is 5.25 Å². The number of hydrogen-bond donors (Lipinski definition) is 0. The SMILES string of the molecule is Cc1ccccc1N1C(=O)C2SC=CC2=[N+](Cc2ccccc2Cl)C1=O. The van der Waals surface area contributed by atoms with Gasteiger partial charge in [0.1, 0.15) is 17.9 Å². The van der Waals surface area contributed by atoms with Gasteiger partial charge in [0.25, 0.3) is 0 Å². The second kappa shape index (κ2) is 6.74. The third-order valence-electron chi connectivity index (χ3n) is 4.54. The molecule has 3 amide bonds. The molecule has 0 saturated heterocycles. The maximum absolute atomic E-state index is 13.3. The number of halogens is 1. The predicted octanol–water partition coefficient (Wildman–Crippen LogP) is 4.40. The molecule has 2 aromatic rings. The lowest BCUT2D eigenvalue weighted by atomic mass is 10.1. The van der Waals surface area contributed by atoms with Gasteiger partial charge in [-0.3, -0.25) is 0 Å². The Morgan fingerprint density at radius 1 is 1.12 bits per heavy atom. The molecule has 0 radical (unpaired) electrons. The third kappa shape index (κ3) is 2.77. The van der Waals surface area contributed by atoms with Crippen molar-refractivity contribution < 1.29 is 14.2 Å². The molecule has 130 valence electrons. The van der Waals surface area contributed by atoms with Crippen LogP contribution in [0.5, 0.6) is 0 Å². The number of anilines is 1. The Morgan fingerprint density at radius 2 is 1.85 bits per heavy atom. The number of para-hydroxylation sites is 1. The van der Waals surface area contributed by atoms with Crippen molar-refractivity contribution in [3.8, 4) is 0 Å². The second-order valence-electron chi connectivity index (χ2n) is 6.16. The number of imide groups is 1. The Bertz CT molecular complexity index is 983. The quantitative estimate of drug-likeness (QED) is 0.737. The highest BCUT2D eigenvalue weighted by Gasteiger charge is 2.50. The Kier molecular flexibility index (Phi) is 4.42. The summed E-state index contributed by atoms with van der Waals surface area (Å²) in [5.41, 5.74) is 3.07. The number of rotatable bonds is 3. The number of benzene rings is 2. The number of allylic oxidation sites excluding steroid dienone is 1. The van der Waals surface area contributed by atoms with Crippen LogP contribution in [-0.4, -0.2) is 27.5 Å². The average Bonchev–Trinajstić information content (AvgIpc) is 3.12. The zero-order valence-corrected chi connectivity index (χ0v) is 15.6. The molecule has 0 bridgehead atoms. The number of amides is 3. The van der Waals surface area contributed by atoms with Crippen LogP contribution in [0.25, 0.3) is 0 Å². The Morgan fingerprint density at radius 3 is 2.62 bits per heavy atom. The summed E-state index contributed by atoms with van der Waals surface area (Å²) in [6, 6.07) is 14.5. The van der Waals surface area contributed by atoms with Gasteiger partial charge in [0.2, 0.25) is 0 Å². The smallest absolute Gasteiger partial charge is 0.244 e. The fourth-order valence-corrected chi connectivity index (χ4v) is 4.33. The molecule has 0 aromatic heterocycles. The number of thioether (sulfide) groups is 1. The first-order valence-electron chi connectivity index (χ1n) is 8.21. The lowest BCUT2D eigenvalue weighted by Crippen LogP contribution is -2.55. The highest BCUT2D eigenvalue weighted by atomic mass is 35.5. The van der Waals surface area contributed by atoms with Crippen molar-refractivity contribution in [2.75, 3.05) is 4.90 Å². The molecule has 0 aliphatic carbocycles. The van der Waals surface area contributed by atoms with Crippen LogP contribution < -0.4 is 4.90 Å². The van der Waals surface area contributed by atoms with E-state index < -0.39 is 5.25 Å². The average molecular weight is 384 g/mol. The van der Waals surface area contributed by atoms with Crippen LogP contribution in [0.15, 0.2) is 60.0 Å². The van der Waals surface area contributed by atoms with E-state index in [0.29, 0.717) is 17.3 Å². The number of carbonyl (C=O) groups is 2. The molecule has 26 heavy (non-hydrogen) atoms. The normalized spacial score (nSPS) is 19.3. The van der Waals surface area contributed by atoms with Crippen molar-refractivity contribution in [3.05, 3.63) is 76.2 Å². The van der Waals surface area contributed by atoms with E-state index in [9.17, 15) is 9.59 Å². The summed E-state index contributed by atoms with van der Waals surface area (Å²) in [4.78, 5) is 27.6. The number of aryl methyl sites for hydroxylation is 1. The third-order valence-corrected chi connectivity index (χ3v) is 5.92. The number of hydrogen-bond acceptors (Lipinski definition) is 3. The van der Waals surface area contributed by atoms with Gasteiger partial charge in [-0.25, -0.2) is 4.79 Å². The van der Waals surface area contributed by atoms with Gasteiger partial charge in [-0.15, -0.1) is 16.7 Å². The van der Waals surface area contributed by atoms with Crippen molar-refractivity contribution >= 4 is 46.7 Å². The van der Waals surface area contributed by atoms with E-state index in [4.69, 9.17) is 11.6 Å². The van der Waals surface area contributed by atoms with Crippen molar-refractivity contribution in [1.82, 2.24) is 0 Å². The van der Waals surface area contributed by atoms with E-state index in [1.54, 1.807) is 16.7 Å². The zero-order chi connectivity index (χ0) is 18.3. The summed E-state index contributed by atoms with van der Waals surface area (Å²) in [5.74, 6) is -0.204. The van der Waals surface area contributed by atoms with Crippen molar-refractivity contribution in [3.63, 3.8) is 0 Å². The van der Waals surface area contributed by atoms with Gasteiger partial charge in [-0.2, -0.15) is 9.37 Å². The Balaban J connectivity index is 1.81. The van der Waals surface area contributed by atoms with Crippen LogP contribution in [0.4, 0.5) is 10.5 Å². The number of carbonyl (C=O) groups excluding carboxylic acids is 2. The molecule has 4 nitrogen and oxygen atoms in total. The van der Waals surface area contributed by atoms with Crippen molar-refractivity contribution in [1.29, 1.82) is 0 Å². The van der Waals surface area contributed by atoms with Crippen LogP contribution in [-0.2, 0) is 11.3 Å². The van der Waals surface area contributed by atoms with Gasteiger partial charge in [-0.1, -0.05) is 48.0 Å². The highest BCUT2D eigenvalue weighted by molar-refractivity contribution is 8.04. The first-order chi connectivity index (χ1) is 12.6. The minimum atomic E-state index is -0.408. The molecular formula is C20H16ClN2O2S+. The van der Waals surface area contributed by atoms with Crippen LogP contribution >= 0.6 is 23.4 Å². The topological polar surface area (TPSA) is 40.4 Å². The van der Waals surface area contributed by atoms with E-state index >= 15 is 0 Å². The van der Waals surface area contributed by atoms with Gasteiger partial charge < -0.3 is 0 Å². The Hall–Kier alpha value is -2.37. The summed E-state index contributed by atoms with van der Waals surface area (Å²) in [6.45, 7) is 2.22. The Labute approximate surface area is 160 Å². The molecule has 2 heterocycles. The fraction of sp³-hybridized carbons (Fsp3) is 0.150. The van der Waals surface area contributed by atoms with Gasteiger partial charge >= 0.3 is 11.9 Å². The largest absolute Gasteiger partial charge is 0.506 e. The van der Waals surface area contributed by atoms with Gasteiger partial charge in [-0.05, 0) is 36.1 Å². The van der Waals surface area contributed by atoms with E-state index in [0.717, 1.165) is 16.8 Å². The minimum absolute atomic E-state index is 0.204. The van der Waals surface area contributed by atoms with Crippen molar-refractivity contribution in [2.24, 2.45) is 0 Å². The maximum Gasteiger partial charge on any atom is 0.506 e. The molecule has 4 rings (SSSR count). The van der Waals surface area contributed by atoms with Crippen LogP contribution in [0.1, 0.15) is 11.1 Å². The summed E-state index contributed by atoms with van der Waals surface area (Å²) >= 11 is 7.71. The molecule has 2 aromatic carbocycles. The minimum Gasteiger partial charge on any atom is -0.244 e. The van der Waals surface area contributed by atoms with Crippen molar-refractivity contribution in [2.45, 2.75) is 18.7 Å². The second-order valence-corrected chi connectivity index (χ2v) is 7.59. The molecule has 2 aliphatic heterocycles. The van der Waals surface area contributed by atoms with E-state index in [1.165, 1.54) is 16.7 Å². The van der Waals surface area contributed by atoms with Gasteiger partial charge in [0.05, 0.1) is 0 Å². The molecule has 0 fully saturated rings. The summed E-state index contributed by atoms with van der Waals surface area (Å²) in [5, 5.41) is 2.06. The lowest BCUT2D eigenvalue weighted by molar-refractivity contribution is -0.444. The first-order valence-corrected chi connectivity index (χ1v) is 9.53. The van der Waals surface area contributed by atoms with Crippen LogP contribution in [0.3, 0.4) is 0 Å².